The molecular weight excluding hydrogens is 757 g/mol. The fraction of sp³-hybridized carbons (Fsp3) is 0.614. The molecule has 0 fully saturated rings. The lowest BCUT2D eigenvalue weighted by molar-refractivity contribution is -0.154. The minimum Gasteiger partial charge on any atom is -0.456 e. The molecule has 5 amide bonds. The molecule has 0 spiro atoms. The molecule has 15 nitrogen and oxygen atoms in total. The molecule has 0 bridgehead atoms. The van der Waals surface area contributed by atoms with Crippen LogP contribution in [0.15, 0.2) is 53.6 Å². The second kappa shape index (κ2) is 23.5. The number of benzene rings is 1. The Morgan fingerprint density at radius 3 is 2.08 bits per heavy atom. The Balaban J connectivity index is 2.62. The Kier molecular flexibility index (Phi) is 20.0. The number of nitrogens with two attached hydrogens (primary N) is 1. The molecule has 0 saturated heterocycles. The van der Waals surface area contributed by atoms with E-state index < -0.39 is 96.4 Å². The van der Waals surface area contributed by atoms with Crippen molar-refractivity contribution in [3.05, 3.63) is 59.2 Å². The summed E-state index contributed by atoms with van der Waals surface area (Å²) in [6.45, 7) is 16.9. The minimum atomic E-state index is -1.23. The molecular formula is C44H68N6O9. The van der Waals surface area contributed by atoms with Crippen LogP contribution < -0.4 is 21.7 Å². The van der Waals surface area contributed by atoms with Crippen LogP contribution in [-0.4, -0.2) is 114 Å². The fourth-order valence-corrected chi connectivity index (χ4v) is 6.59. The number of rotatable bonds is 7. The monoisotopic (exact) mass is 825 g/mol. The SMILES string of the molecule is C/C=C(\C)[C@H]1OC(=O)[C@@H](C)NC(=O)[C@H](C(C)CC)NC(=O)CN(C)C(=O)[C@@H](Cc2ccccc2)N(C)C(=O)[C@H](C)NC(=O)[C@@H](CC(C)C)OC(=O)/C(C)=C/C[C@H](N)[C@@H]1C. The standard InChI is InChI=1S/C44H68N6O9/c1-13-26(5)37-40(53)47-31(10)44(57)59-38(27(6)14-2)29(8)33(45)21-20-28(7)43(56)58-35(22-25(3)4)39(52)46-30(9)41(54)50(12)34(23-32-18-16-15-17-19-32)42(55)49(11)24-36(51)48-37/h14-20,25-26,29-31,33-35,37-38H,13,21-24,45H2,1-12H3,(H,46,52)(H,47,53)(H,48,51)/b27-14+,28-20+/t26?,29-,30-,31+,33-,34+,35+,37-,38+/m0/s1. The van der Waals surface area contributed by atoms with Crippen LogP contribution in [0.25, 0.3) is 0 Å². The van der Waals surface area contributed by atoms with Crippen molar-refractivity contribution in [1.29, 1.82) is 0 Å². The van der Waals surface area contributed by atoms with Gasteiger partial charge in [0.1, 0.15) is 30.3 Å². The summed E-state index contributed by atoms with van der Waals surface area (Å²) >= 11 is 0. The topological polar surface area (TPSA) is 207 Å². The molecule has 59 heavy (non-hydrogen) atoms. The molecule has 328 valence electrons. The van der Waals surface area contributed by atoms with Crippen molar-refractivity contribution in [2.24, 2.45) is 23.5 Å². The van der Waals surface area contributed by atoms with Crippen LogP contribution in [0.4, 0.5) is 0 Å². The van der Waals surface area contributed by atoms with Crippen LogP contribution >= 0.6 is 0 Å². The number of nitrogens with zero attached hydrogens (tertiary/aromatic N) is 2. The second-order valence-electron chi connectivity index (χ2n) is 16.3. The van der Waals surface area contributed by atoms with E-state index in [9.17, 15) is 33.6 Å². The van der Waals surface area contributed by atoms with Crippen molar-refractivity contribution in [1.82, 2.24) is 25.8 Å². The van der Waals surface area contributed by atoms with E-state index in [1.165, 1.54) is 37.7 Å². The van der Waals surface area contributed by atoms with Gasteiger partial charge in [-0.15, -0.1) is 0 Å². The van der Waals surface area contributed by atoms with E-state index in [-0.39, 0.29) is 36.7 Å². The van der Waals surface area contributed by atoms with Gasteiger partial charge in [0.25, 0.3) is 5.91 Å². The Bertz CT molecular complexity index is 1700. The Hall–Kier alpha value is -5.05. The highest BCUT2D eigenvalue weighted by molar-refractivity contribution is 5.96. The normalized spacial score (nSPS) is 28.8. The Morgan fingerprint density at radius 2 is 1.51 bits per heavy atom. The van der Waals surface area contributed by atoms with Crippen LogP contribution in [0.5, 0.6) is 0 Å². The molecule has 1 unspecified atom stereocenters. The van der Waals surface area contributed by atoms with E-state index in [0.29, 0.717) is 6.42 Å². The number of hydrogen-bond donors (Lipinski definition) is 4. The van der Waals surface area contributed by atoms with Crippen LogP contribution in [-0.2, 0) is 49.5 Å². The second-order valence-corrected chi connectivity index (χ2v) is 16.3. The highest BCUT2D eigenvalue weighted by Gasteiger charge is 2.36. The van der Waals surface area contributed by atoms with E-state index in [4.69, 9.17) is 15.2 Å². The molecule has 0 aromatic heterocycles. The molecule has 1 heterocycles. The highest BCUT2D eigenvalue weighted by atomic mass is 16.6. The van der Waals surface area contributed by atoms with Crippen molar-refractivity contribution >= 4 is 41.5 Å². The number of ether oxygens (including phenoxy) is 2. The maximum absolute atomic E-state index is 14.1. The first-order valence-corrected chi connectivity index (χ1v) is 20.5. The first-order chi connectivity index (χ1) is 27.6. The number of carbonyl (C=O) groups is 7. The van der Waals surface area contributed by atoms with Gasteiger partial charge >= 0.3 is 11.9 Å². The van der Waals surface area contributed by atoms with Crippen molar-refractivity contribution in [3.8, 4) is 0 Å². The molecule has 2 rings (SSSR count). The van der Waals surface area contributed by atoms with Gasteiger partial charge in [-0.1, -0.05) is 83.5 Å². The molecule has 1 aliphatic rings. The fourth-order valence-electron chi connectivity index (χ4n) is 6.59. The number of nitrogens with one attached hydrogen (secondary N) is 3. The van der Waals surface area contributed by atoms with E-state index in [0.717, 1.165) is 11.1 Å². The van der Waals surface area contributed by atoms with E-state index >= 15 is 0 Å². The zero-order chi connectivity index (χ0) is 44.7. The third-order valence-corrected chi connectivity index (χ3v) is 10.9. The summed E-state index contributed by atoms with van der Waals surface area (Å²) < 4.78 is 11.6. The van der Waals surface area contributed by atoms with Gasteiger partial charge in [0.05, 0.1) is 6.54 Å². The number of carbonyl (C=O) groups excluding carboxylic acids is 7. The lowest BCUT2D eigenvalue weighted by atomic mass is 9.89. The quantitative estimate of drug-likeness (QED) is 0.233. The third-order valence-electron chi connectivity index (χ3n) is 10.9. The summed E-state index contributed by atoms with van der Waals surface area (Å²) in [7, 11) is 2.87. The van der Waals surface area contributed by atoms with E-state index in [1.54, 1.807) is 52.0 Å². The maximum atomic E-state index is 14.1. The molecule has 0 saturated carbocycles. The summed E-state index contributed by atoms with van der Waals surface area (Å²) in [5, 5.41) is 8.10. The number of hydrogen-bond acceptors (Lipinski definition) is 10. The smallest absolute Gasteiger partial charge is 0.334 e. The summed E-state index contributed by atoms with van der Waals surface area (Å²) in [6.07, 6.45) is 2.38. The van der Waals surface area contributed by atoms with Crippen LogP contribution in [0.2, 0.25) is 0 Å². The molecule has 0 radical (unpaired) electrons. The Labute approximate surface area is 350 Å². The maximum Gasteiger partial charge on any atom is 0.334 e. The number of esters is 2. The average Bonchev–Trinajstić information content (AvgIpc) is 3.20. The van der Waals surface area contributed by atoms with Gasteiger partial charge < -0.3 is 41.0 Å². The molecule has 0 aliphatic carbocycles. The molecule has 1 aliphatic heterocycles. The minimum absolute atomic E-state index is 0.0576. The Morgan fingerprint density at radius 1 is 0.898 bits per heavy atom. The predicted molar refractivity (Wildman–Crippen MR) is 225 cm³/mol. The average molecular weight is 825 g/mol. The van der Waals surface area contributed by atoms with E-state index in [1.807, 2.05) is 45.9 Å². The molecule has 15 heteroatoms. The van der Waals surface area contributed by atoms with Crippen molar-refractivity contribution in [2.45, 2.75) is 137 Å². The number of cyclic esters (lactones) is 2. The van der Waals surface area contributed by atoms with Crippen LogP contribution in [0.1, 0.15) is 94.1 Å². The van der Waals surface area contributed by atoms with Gasteiger partial charge in [0.2, 0.25) is 23.6 Å². The van der Waals surface area contributed by atoms with Gasteiger partial charge in [-0.25, -0.2) is 9.59 Å². The van der Waals surface area contributed by atoms with Gasteiger partial charge in [0.15, 0.2) is 6.10 Å². The summed E-state index contributed by atoms with van der Waals surface area (Å²) in [4.78, 5) is 98.2. The molecule has 1 aromatic rings. The van der Waals surface area contributed by atoms with Gasteiger partial charge in [-0.05, 0) is 70.4 Å². The number of likely N-dealkylation sites (N-methyl/N-ethyl adjacent to an activating group) is 2. The summed E-state index contributed by atoms with van der Waals surface area (Å²) in [6, 6.07) is 4.06. The molecule has 1 aromatic carbocycles. The molecule has 9 atom stereocenters. The van der Waals surface area contributed by atoms with Crippen LogP contribution in [0, 0.1) is 17.8 Å². The lowest BCUT2D eigenvalue weighted by Gasteiger charge is -2.33. The first-order valence-electron chi connectivity index (χ1n) is 20.5. The van der Waals surface area contributed by atoms with Crippen molar-refractivity contribution < 1.29 is 43.0 Å². The van der Waals surface area contributed by atoms with Crippen molar-refractivity contribution in [3.63, 3.8) is 0 Å². The summed E-state index contributed by atoms with van der Waals surface area (Å²) in [5.74, 6) is -5.38. The number of amides is 5. The van der Waals surface area contributed by atoms with Crippen molar-refractivity contribution in [2.75, 3.05) is 20.6 Å². The zero-order valence-corrected chi connectivity index (χ0v) is 37.0. The highest BCUT2D eigenvalue weighted by Crippen LogP contribution is 2.23. The number of allylic oxidation sites excluding steroid dienone is 1. The van der Waals surface area contributed by atoms with Crippen LogP contribution in [0.3, 0.4) is 0 Å². The van der Waals surface area contributed by atoms with Gasteiger partial charge in [-0.2, -0.15) is 0 Å². The summed E-state index contributed by atoms with van der Waals surface area (Å²) in [5.41, 5.74) is 8.28. The van der Waals surface area contributed by atoms with Gasteiger partial charge in [-0.3, -0.25) is 24.0 Å². The zero-order valence-electron chi connectivity index (χ0n) is 37.0. The first kappa shape index (κ1) is 50.1. The molecule has 5 N–H and O–H groups in total. The largest absolute Gasteiger partial charge is 0.456 e. The lowest BCUT2D eigenvalue weighted by Crippen LogP contribution is -2.57. The van der Waals surface area contributed by atoms with E-state index in [2.05, 4.69) is 16.0 Å². The predicted octanol–water partition coefficient (Wildman–Crippen LogP) is 3.20. The van der Waals surface area contributed by atoms with Gasteiger partial charge in [0, 0.05) is 38.0 Å². The third kappa shape index (κ3) is 14.9.